The van der Waals surface area contributed by atoms with Gasteiger partial charge in [-0.3, -0.25) is 9.78 Å². The maximum Gasteiger partial charge on any atom is 0.256 e. The van der Waals surface area contributed by atoms with Crippen LogP contribution < -0.4 is 10.1 Å². The summed E-state index contributed by atoms with van der Waals surface area (Å²) in [6, 6.07) is 12.7. The number of hydrogen-bond donors (Lipinski definition) is 1. The van der Waals surface area contributed by atoms with E-state index in [-0.39, 0.29) is 5.91 Å². The molecule has 0 aliphatic heterocycles. The van der Waals surface area contributed by atoms with Crippen molar-refractivity contribution >= 4 is 17.7 Å². The molecule has 1 amide bonds. The van der Waals surface area contributed by atoms with Crippen LogP contribution in [0.5, 0.6) is 5.75 Å². The van der Waals surface area contributed by atoms with Crippen molar-refractivity contribution in [2.45, 2.75) is 27.2 Å². The number of methoxy groups -OCH3 is 1. The lowest BCUT2D eigenvalue weighted by Crippen LogP contribution is -2.23. The fourth-order valence-electron chi connectivity index (χ4n) is 2.29. The Labute approximate surface area is 173 Å². The fourth-order valence-corrected chi connectivity index (χ4v) is 2.29. The lowest BCUT2D eigenvalue weighted by molar-refractivity contribution is 0.0965. The van der Waals surface area contributed by atoms with Crippen molar-refractivity contribution in [2.75, 3.05) is 7.11 Å². The van der Waals surface area contributed by atoms with Crippen LogP contribution >= 0.6 is 0 Å². The van der Waals surface area contributed by atoms with Crippen molar-refractivity contribution in [3.05, 3.63) is 90.5 Å². The van der Waals surface area contributed by atoms with E-state index in [0.717, 1.165) is 23.3 Å². The average Bonchev–Trinajstić information content (AvgIpc) is 2.80. The first kappa shape index (κ1) is 23.6. The van der Waals surface area contributed by atoms with Crippen LogP contribution in [-0.4, -0.2) is 24.2 Å². The van der Waals surface area contributed by atoms with Gasteiger partial charge >= 0.3 is 0 Å². The number of benzene rings is 1. The number of rotatable bonds is 7. The number of pyridine rings is 1. The van der Waals surface area contributed by atoms with E-state index in [4.69, 9.17) is 4.74 Å². The zero-order valence-corrected chi connectivity index (χ0v) is 17.6. The predicted octanol–water partition coefficient (Wildman–Crippen LogP) is 5.44. The molecule has 5 heteroatoms. The first-order valence-corrected chi connectivity index (χ1v) is 9.36. The van der Waals surface area contributed by atoms with E-state index in [2.05, 4.69) is 28.5 Å². The molecule has 1 heterocycles. The van der Waals surface area contributed by atoms with Crippen molar-refractivity contribution in [1.29, 1.82) is 0 Å². The summed E-state index contributed by atoms with van der Waals surface area (Å²) in [6.07, 6.45) is 6.19. The van der Waals surface area contributed by atoms with Gasteiger partial charge in [-0.1, -0.05) is 19.1 Å². The van der Waals surface area contributed by atoms with E-state index in [1.54, 1.807) is 43.8 Å². The maximum atomic E-state index is 12.6. The highest BCUT2D eigenvalue weighted by molar-refractivity contribution is 6.09. The van der Waals surface area contributed by atoms with Crippen LogP contribution in [0.25, 0.3) is 5.57 Å². The molecule has 1 N–H and O–H groups in total. The Balaban J connectivity index is 0.00000204. The number of carbonyl (C=O) groups is 1. The molecule has 2 rings (SSSR count). The Hall–Kier alpha value is -3.47. The van der Waals surface area contributed by atoms with Gasteiger partial charge in [0, 0.05) is 23.5 Å². The molecule has 0 aliphatic carbocycles. The summed E-state index contributed by atoms with van der Waals surface area (Å²) < 4.78 is 5.13. The van der Waals surface area contributed by atoms with Crippen LogP contribution in [0, 0.1) is 0 Å². The molecule has 1 aromatic carbocycles. The molecule has 0 aliphatic rings. The highest BCUT2D eigenvalue weighted by Gasteiger charge is 2.09. The third-order valence-electron chi connectivity index (χ3n) is 4.12. The third kappa shape index (κ3) is 7.22. The Morgan fingerprint density at radius 3 is 2.41 bits per heavy atom. The van der Waals surface area contributed by atoms with Gasteiger partial charge in [-0.15, -0.1) is 13.2 Å². The average molecular weight is 392 g/mol. The SMILES string of the molecule is C=C.C\C=C(/C=N\C(NC(=O)c1ccc(OC)cc1)=C(/C)CC)c1ccccn1. The van der Waals surface area contributed by atoms with Crippen molar-refractivity contribution in [1.82, 2.24) is 10.3 Å². The van der Waals surface area contributed by atoms with Gasteiger partial charge in [-0.05, 0) is 62.2 Å². The summed E-state index contributed by atoms with van der Waals surface area (Å²) in [7, 11) is 1.59. The van der Waals surface area contributed by atoms with E-state index in [0.29, 0.717) is 17.1 Å². The molecular formula is C24H29N3O2. The summed E-state index contributed by atoms with van der Waals surface area (Å²) in [6.45, 7) is 11.9. The molecule has 0 unspecified atom stereocenters. The predicted molar refractivity (Wildman–Crippen MR) is 121 cm³/mol. The standard InChI is InChI=1S/C22H25N3O2.C2H4/c1-5-16(3)21(24-15-17(6-2)20-9-7-8-14-23-20)25-22(26)18-10-12-19(27-4)13-11-18;1-2/h6-15H,5H2,1-4H3,(H,25,26);1-2H2/b17-6+,21-16-,24-15-;. The van der Waals surface area contributed by atoms with E-state index in [9.17, 15) is 4.79 Å². The van der Waals surface area contributed by atoms with E-state index in [1.807, 2.05) is 45.0 Å². The number of allylic oxidation sites excluding steroid dienone is 3. The number of nitrogens with one attached hydrogen (secondary N) is 1. The van der Waals surface area contributed by atoms with E-state index in [1.165, 1.54) is 0 Å². The van der Waals surface area contributed by atoms with Gasteiger partial charge in [0.05, 0.1) is 12.8 Å². The number of aliphatic imine (C=N–C) groups is 1. The Bertz CT molecular complexity index is 867. The Kier molecular flexibility index (Phi) is 10.4. The van der Waals surface area contributed by atoms with Gasteiger partial charge in [-0.2, -0.15) is 0 Å². The van der Waals surface area contributed by atoms with Gasteiger partial charge in [0.25, 0.3) is 5.91 Å². The normalized spacial score (nSPS) is 11.9. The zero-order valence-electron chi connectivity index (χ0n) is 17.6. The summed E-state index contributed by atoms with van der Waals surface area (Å²) in [4.78, 5) is 21.4. The first-order valence-electron chi connectivity index (χ1n) is 9.36. The van der Waals surface area contributed by atoms with E-state index >= 15 is 0 Å². The van der Waals surface area contributed by atoms with Gasteiger partial charge in [0.2, 0.25) is 0 Å². The lowest BCUT2D eigenvalue weighted by atomic mass is 10.1. The smallest absolute Gasteiger partial charge is 0.256 e. The molecule has 0 saturated heterocycles. The summed E-state index contributed by atoms with van der Waals surface area (Å²) in [5.41, 5.74) is 3.25. The van der Waals surface area contributed by atoms with Crippen molar-refractivity contribution in [3.8, 4) is 5.75 Å². The molecular weight excluding hydrogens is 362 g/mol. The second kappa shape index (κ2) is 12.8. The minimum Gasteiger partial charge on any atom is -0.497 e. The van der Waals surface area contributed by atoms with E-state index < -0.39 is 0 Å². The summed E-state index contributed by atoms with van der Waals surface area (Å²) in [5.74, 6) is 1.05. The molecule has 1 aromatic heterocycles. The molecule has 2 aromatic rings. The van der Waals surface area contributed by atoms with Crippen LogP contribution in [0.15, 0.2) is 84.3 Å². The van der Waals surface area contributed by atoms with Crippen LogP contribution in [0.3, 0.4) is 0 Å². The molecule has 0 atom stereocenters. The first-order chi connectivity index (χ1) is 14.1. The largest absolute Gasteiger partial charge is 0.497 e. The summed E-state index contributed by atoms with van der Waals surface area (Å²) in [5, 5.41) is 2.91. The van der Waals surface area contributed by atoms with Crippen LogP contribution in [0.2, 0.25) is 0 Å². The highest BCUT2D eigenvalue weighted by Crippen LogP contribution is 2.14. The zero-order chi connectivity index (χ0) is 21.6. The topological polar surface area (TPSA) is 63.6 Å². The molecule has 29 heavy (non-hydrogen) atoms. The number of amides is 1. The lowest BCUT2D eigenvalue weighted by Gasteiger charge is -2.10. The minimum absolute atomic E-state index is 0.211. The monoisotopic (exact) mass is 391 g/mol. The van der Waals surface area contributed by atoms with Crippen molar-refractivity contribution in [3.63, 3.8) is 0 Å². The van der Waals surface area contributed by atoms with Crippen molar-refractivity contribution < 1.29 is 9.53 Å². The van der Waals surface area contributed by atoms with Crippen molar-refractivity contribution in [2.24, 2.45) is 4.99 Å². The number of carbonyl (C=O) groups excluding carboxylic acids is 1. The quantitative estimate of drug-likeness (QED) is 0.505. The second-order valence-electron chi connectivity index (χ2n) is 5.88. The van der Waals surface area contributed by atoms with Crippen LogP contribution in [0.1, 0.15) is 43.2 Å². The molecule has 5 nitrogen and oxygen atoms in total. The van der Waals surface area contributed by atoms with Gasteiger partial charge in [0.15, 0.2) is 0 Å². The summed E-state index contributed by atoms with van der Waals surface area (Å²) >= 11 is 0. The number of nitrogens with zero attached hydrogens (tertiary/aromatic N) is 2. The van der Waals surface area contributed by atoms with Gasteiger partial charge in [0.1, 0.15) is 11.6 Å². The molecule has 152 valence electrons. The highest BCUT2D eigenvalue weighted by atomic mass is 16.5. The van der Waals surface area contributed by atoms with Gasteiger partial charge in [-0.25, -0.2) is 4.99 Å². The number of aromatic nitrogens is 1. The molecule has 0 bridgehead atoms. The molecule has 0 spiro atoms. The maximum absolute atomic E-state index is 12.6. The Morgan fingerprint density at radius 2 is 1.90 bits per heavy atom. The minimum atomic E-state index is -0.211. The molecule has 0 radical (unpaired) electrons. The van der Waals surface area contributed by atoms with Gasteiger partial charge < -0.3 is 10.1 Å². The second-order valence-corrected chi connectivity index (χ2v) is 5.88. The number of ether oxygens (including phenoxy) is 1. The molecule has 0 saturated carbocycles. The number of hydrogen-bond acceptors (Lipinski definition) is 4. The fraction of sp³-hybridized carbons (Fsp3) is 0.208. The third-order valence-corrected chi connectivity index (χ3v) is 4.12. The van der Waals surface area contributed by atoms with Crippen LogP contribution in [-0.2, 0) is 0 Å². The Morgan fingerprint density at radius 1 is 1.21 bits per heavy atom. The molecule has 0 fully saturated rings. The van der Waals surface area contributed by atoms with Crippen LogP contribution in [0.4, 0.5) is 0 Å².